The van der Waals surface area contributed by atoms with E-state index in [0.29, 0.717) is 36.2 Å². The van der Waals surface area contributed by atoms with Gasteiger partial charge >= 0.3 is 0 Å². The van der Waals surface area contributed by atoms with Crippen molar-refractivity contribution in [3.63, 3.8) is 0 Å². The number of fused-ring (bicyclic) bond motifs is 1. The zero-order chi connectivity index (χ0) is 18.3. The van der Waals surface area contributed by atoms with Crippen LogP contribution < -0.4 is 0 Å². The predicted molar refractivity (Wildman–Crippen MR) is 97.8 cm³/mol. The maximum atomic E-state index is 13.8. The molecule has 2 aliphatic rings. The lowest BCUT2D eigenvalue weighted by Crippen LogP contribution is -2.57. The Morgan fingerprint density at radius 3 is 2.77 bits per heavy atom. The second-order valence-electron chi connectivity index (χ2n) is 7.53. The van der Waals surface area contributed by atoms with Crippen LogP contribution in [0.5, 0.6) is 0 Å². The predicted octanol–water partition coefficient (Wildman–Crippen LogP) is 2.62. The van der Waals surface area contributed by atoms with Crippen LogP contribution in [0.3, 0.4) is 0 Å². The molecule has 26 heavy (non-hydrogen) atoms. The number of morpholine rings is 1. The van der Waals surface area contributed by atoms with E-state index in [9.17, 15) is 9.18 Å². The Labute approximate surface area is 152 Å². The van der Waals surface area contributed by atoms with Gasteiger partial charge in [0.1, 0.15) is 5.82 Å². The van der Waals surface area contributed by atoms with Gasteiger partial charge in [-0.15, -0.1) is 0 Å². The number of carbonyl (C=O) groups excluding carboxylic acids is 1. The number of hydrogen-bond acceptors (Lipinski definition) is 4. The zero-order valence-corrected chi connectivity index (χ0v) is 15.3. The molecular weight excluding hydrogens is 333 g/mol. The molecule has 0 atom stereocenters. The summed E-state index contributed by atoms with van der Waals surface area (Å²) in [5.41, 5.74) is 1.69. The number of nitrogens with zero attached hydrogens (tertiary/aromatic N) is 3. The highest BCUT2D eigenvalue weighted by Crippen LogP contribution is 2.31. The van der Waals surface area contributed by atoms with E-state index in [0.717, 1.165) is 31.6 Å². The number of ether oxygens (including phenoxy) is 1. The summed E-state index contributed by atoms with van der Waals surface area (Å²) in [6.07, 6.45) is 1.86. The number of aromatic nitrogens is 1. The van der Waals surface area contributed by atoms with E-state index in [2.05, 4.69) is 16.9 Å². The van der Waals surface area contributed by atoms with Crippen molar-refractivity contribution in [3.8, 4) is 0 Å². The third-order valence-corrected chi connectivity index (χ3v) is 5.56. The van der Waals surface area contributed by atoms with Gasteiger partial charge in [-0.3, -0.25) is 9.78 Å². The van der Waals surface area contributed by atoms with Crippen molar-refractivity contribution in [1.29, 1.82) is 0 Å². The molecule has 0 unspecified atom stereocenters. The van der Waals surface area contributed by atoms with E-state index in [-0.39, 0.29) is 17.3 Å². The Morgan fingerprint density at radius 1 is 1.23 bits per heavy atom. The molecule has 0 bridgehead atoms. The van der Waals surface area contributed by atoms with Gasteiger partial charge in [-0.25, -0.2) is 4.39 Å². The lowest BCUT2D eigenvalue weighted by molar-refractivity contribution is -0.125. The molecule has 2 fully saturated rings. The molecule has 1 amide bonds. The van der Waals surface area contributed by atoms with E-state index in [1.807, 2.05) is 11.8 Å². The van der Waals surface area contributed by atoms with Crippen LogP contribution in [0.4, 0.5) is 4.39 Å². The molecule has 2 saturated heterocycles. The van der Waals surface area contributed by atoms with Crippen molar-refractivity contribution in [2.75, 3.05) is 39.8 Å². The van der Waals surface area contributed by atoms with Gasteiger partial charge in [-0.1, -0.05) is 0 Å². The minimum absolute atomic E-state index is 0.0623. The Hall–Kier alpha value is -2.05. The summed E-state index contributed by atoms with van der Waals surface area (Å²) in [7, 11) is 2.11. The van der Waals surface area contributed by atoms with Crippen LogP contribution in [0.25, 0.3) is 10.9 Å². The first-order valence-corrected chi connectivity index (χ1v) is 9.14. The van der Waals surface area contributed by atoms with Gasteiger partial charge in [-0.2, -0.15) is 0 Å². The number of carbonyl (C=O) groups is 1. The summed E-state index contributed by atoms with van der Waals surface area (Å²) in [6.45, 7) is 5.52. The summed E-state index contributed by atoms with van der Waals surface area (Å²) in [5.74, 6) is -0.418. The smallest absolute Gasteiger partial charge is 0.254 e. The van der Waals surface area contributed by atoms with Crippen LogP contribution in [0.2, 0.25) is 0 Å². The average molecular weight is 357 g/mol. The SMILES string of the molecule is Cc1cc(C(=O)N2CCOC3(CCN(C)CC3)C2)c2cc(F)ccc2n1. The monoisotopic (exact) mass is 357 g/mol. The number of rotatable bonds is 1. The quantitative estimate of drug-likeness (QED) is 0.787. The molecule has 0 radical (unpaired) electrons. The molecule has 0 saturated carbocycles. The third-order valence-electron chi connectivity index (χ3n) is 5.56. The van der Waals surface area contributed by atoms with Crippen LogP contribution in [-0.2, 0) is 4.74 Å². The van der Waals surface area contributed by atoms with Crippen LogP contribution >= 0.6 is 0 Å². The molecule has 1 spiro atoms. The number of amides is 1. The minimum atomic E-state index is -0.356. The molecule has 138 valence electrons. The number of aryl methyl sites for hydroxylation is 1. The van der Waals surface area contributed by atoms with Crippen molar-refractivity contribution in [2.24, 2.45) is 0 Å². The number of benzene rings is 1. The lowest BCUT2D eigenvalue weighted by Gasteiger charge is -2.46. The van der Waals surface area contributed by atoms with Gasteiger partial charge in [0.25, 0.3) is 5.91 Å². The minimum Gasteiger partial charge on any atom is -0.371 e. The second-order valence-corrected chi connectivity index (χ2v) is 7.53. The van der Waals surface area contributed by atoms with Gasteiger partial charge in [0.15, 0.2) is 0 Å². The zero-order valence-electron chi connectivity index (χ0n) is 15.3. The fraction of sp³-hybridized carbons (Fsp3) is 0.500. The number of likely N-dealkylation sites (tertiary alicyclic amines) is 1. The highest BCUT2D eigenvalue weighted by molar-refractivity contribution is 6.06. The van der Waals surface area contributed by atoms with E-state index in [1.54, 1.807) is 12.1 Å². The molecule has 1 aromatic carbocycles. The first-order chi connectivity index (χ1) is 12.5. The van der Waals surface area contributed by atoms with Crippen molar-refractivity contribution in [1.82, 2.24) is 14.8 Å². The molecule has 3 heterocycles. The van der Waals surface area contributed by atoms with Gasteiger partial charge in [-0.05, 0) is 51.1 Å². The Balaban J connectivity index is 1.65. The van der Waals surface area contributed by atoms with Crippen molar-refractivity contribution >= 4 is 16.8 Å². The lowest BCUT2D eigenvalue weighted by atomic mass is 9.89. The van der Waals surface area contributed by atoms with E-state index in [1.165, 1.54) is 12.1 Å². The van der Waals surface area contributed by atoms with Gasteiger partial charge in [0.2, 0.25) is 0 Å². The highest BCUT2D eigenvalue weighted by atomic mass is 19.1. The number of piperidine rings is 1. The summed E-state index contributed by atoms with van der Waals surface area (Å²) in [5, 5.41) is 0.574. The standard InChI is InChI=1S/C20H24FN3O2/c1-14-11-17(16-12-15(21)3-4-18(16)22-14)19(25)24-9-10-26-20(13-24)5-7-23(2)8-6-20/h3-4,11-12H,5-10,13H2,1-2H3. The number of pyridine rings is 1. The number of halogens is 1. The topological polar surface area (TPSA) is 45.7 Å². The van der Waals surface area contributed by atoms with Crippen molar-refractivity contribution in [2.45, 2.75) is 25.4 Å². The molecule has 6 heteroatoms. The van der Waals surface area contributed by atoms with Crippen molar-refractivity contribution < 1.29 is 13.9 Å². The third kappa shape index (κ3) is 3.19. The van der Waals surface area contributed by atoms with Gasteiger partial charge < -0.3 is 14.5 Å². The Bertz CT molecular complexity index is 846. The summed E-state index contributed by atoms with van der Waals surface area (Å²) in [4.78, 5) is 21.9. The number of hydrogen-bond donors (Lipinski definition) is 0. The van der Waals surface area contributed by atoms with Crippen LogP contribution in [0.1, 0.15) is 28.9 Å². The maximum Gasteiger partial charge on any atom is 0.254 e. The summed E-state index contributed by atoms with van der Waals surface area (Å²) in [6, 6.07) is 6.18. The molecule has 5 nitrogen and oxygen atoms in total. The van der Waals surface area contributed by atoms with Crippen molar-refractivity contribution in [3.05, 3.63) is 41.3 Å². The average Bonchev–Trinajstić information content (AvgIpc) is 2.64. The van der Waals surface area contributed by atoms with Gasteiger partial charge in [0, 0.05) is 30.7 Å². The molecule has 0 N–H and O–H groups in total. The first kappa shape index (κ1) is 17.4. The van der Waals surface area contributed by atoms with Crippen LogP contribution in [0.15, 0.2) is 24.3 Å². The van der Waals surface area contributed by atoms with Crippen LogP contribution in [-0.4, -0.2) is 66.1 Å². The Kier molecular flexibility index (Phi) is 4.40. The fourth-order valence-corrected chi connectivity index (χ4v) is 4.02. The maximum absolute atomic E-state index is 13.8. The summed E-state index contributed by atoms with van der Waals surface area (Å²) < 4.78 is 19.9. The Morgan fingerprint density at radius 2 is 2.00 bits per heavy atom. The molecule has 1 aromatic heterocycles. The molecule has 2 aromatic rings. The normalized spacial score (nSPS) is 20.7. The largest absolute Gasteiger partial charge is 0.371 e. The molecule has 0 aliphatic carbocycles. The van der Waals surface area contributed by atoms with Gasteiger partial charge in [0.05, 0.1) is 29.8 Å². The van der Waals surface area contributed by atoms with E-state index in [4.69, 9.17) is 4.74 Å². The summed E-state index contributed by atoms with van der Waals surface area (Å²) >= 11 is 0. The van der Waals surface area contributed by atoms with E-state index < -0.39 is 0 Å². The molecule has 4 rings (SSSR count). The highest BCUT2D eigenvalue weighted by Gasteiger charge is 2.40. The van der Waals surface area contributed by atoms with E-state index >= 15 is 0 Å². The fourth-order valence-electron chi connectivity index (χ4n) is 4.02. The second kappa shape index (κ2) is 6.59. The first-order valence-electron chi connectivity index (χ1n) is 9.14. The van der Waals surface area contributed by atoms with Crippen LogP contribution in [0, 0.1) is 12.7 Å². The molecule has 2 aliphatic heterocycles. The molecular formula is C20H24FN3O2.